The summed E-state index contributed by atoms with van der Waals surface area (Å²) >= 11 is 6.63. The first-order valence-electron chi connectivity index (χ1n) is 11.7. The van der Waals surface area contributed by atoms with E-state index in [1.165, 1.54) is 4.52 Å². The predicted molar refractivity (Wildman–Crippen MR) is 142 cm³/mol. The second kappa shape index (κ2) is 11.1. The first-order valence-corrected chi connectivity index (χ1v) is 12.1. The third kappa shape index (κ3) is 5.61. The Labute approximate surface area is 234 Å². The minimum Gasteiger partial charge on any atom is -0.475 e. The number of nitrogens with one attached hydrogen (secondary N) is 1. The number of aliphatic carboxylic acids is 1. The third-order valence-electron chi connectivity index (χ3n) is 5.91. The number of halogens is 4. The molecule has 0 saturated heterocycles. The fourth-order valence-electron chi connectivity index (χ4n) is 4.20. The summed E-state index contributed by atoms with van der Waals surface area (Å²) in [4.78, 5) is 30.8. The Balaban J connectivity index is 0.000000493. The molecule has 1 atom stereocenters. The van der Waals surface area contributed by atoms with Gasteiger partial charge in [-0.3, -0.25) is 9.20 Å². The zero-order valence-electron chi connectivity index (χ0n) is 21.3. The van der Waals surface area contributed by atoms with Gasteiger partial charge in [0.15, 0.2) is 17.2 Å². The number of anilines is 1. The molecule has 210 valence electrons. The lowest BCUT2D eigenvalue weighted by Crippen LogP contribution is -2.28. The second-order valence-corrected chi connectivity index (χ2v) is 9.02. The van der Waals surface area contributed by atoms with Crippen LogP contribution in [0.5, 0.6) is 0 Å². The van der Waals surface area contributed by atoms with E-state index in [2.05, 4.69) is 26.5 Å². The molecule has 41 heavy (non-hydrogen) atoms. The molecule has 0 spiro atoms. The number of nitrogens with two attached hydrogens (primary N) is 1. The Morgan fingerprint density at radius 3 is 2.49 bits per heavy atom. The van der Waals surface area contributed by atoms with E-state index in [4.69, 9.17) is 27.2 Å². The quantitative estimate of drug-likeness (QED) is 0.276. The number of carbonyl (C=O) groups is 2. The number of carbonyl (C=O) groups excluding carboxylic acids is 1. The molecule has 4 N–H and O–H groups in total. The zero-order chi connectivity index (χ0) is 30.1. The number of aryl methyl sites for hydroxylation is 1. The normalized spacial score (nSPS) is 11.9. The van der Waals surface area contributed by atoms with Gasteiger partial charge in [-0.05, 0) is 31.5 Å². The Bertz CT molecular complexity index is 1830. The van der Waals surface area contributed by atoms with Crippen LogP contribution >= 0.6 is 11.6 Å². The molecule has 5 aromatic rings. The van der Waals surface area contributed by atoms with Crippen LogP contribution in [0.3, 0.4) is 0 Å². The molecule has 4 aromatic heterocycles. The summed E-state index contributed by atoms with van der Waals surface area (Å²) in [5.41, 5.74) is 9.79. The van der Waals surface area contributed by atoms with Crippen molar-refractivity contribution in [3.8, 4) is 17.3 Å². The maximum atomic E-state index is 13.3. The highest BCUT2D eigenvalue weighted by atomic mass is 35.5. The number of alkyl halides is 3. The second-order valence-electron chi connectivity index (χ2n) is 8.61. The van der Waals surface area contributed by atoms with Crippen LogP contribution in [0, 0.1) is 18.3 Å². The smallest absolute Gasteiger partial charge is 0.475 e. The maximum Gasteiger partial charge on any atom is 0.490 e. The molecule has 0 aliphatic rings. The number of rotatable bonds is 4. The van der Waals surface area contributed by atoms with Crippen molar-refractivity contribution in [2.45, 2.75) is 26.1 Å². The molecule has 0 saturated carbocycles. The van der Waals surface area contributed by atoms with Gasteiger partial charge in [0.2, 0.25) is 0 Å². The maximum absolute atomic E-state index is 13.3. The summed E-state index contributed by atoms with van der Waals surface area (Å²) in [6.07, 6.45) is -1.83. The monoisotopic (exact) mass is 584 g/mol. The van der Waals surface area contributed by atoms with Crippen molar-refractivity contribution in [1.29, 1.82) is 5.26 Å². The minimum absolute atomic E-state index is 0.0873. The van der Waals surface area contributed by atoms with Crippen LogP contribution in [-0.4, -0.2) is 47.1 Å². The number of benzene rings is 1. The van der Waals surface area contributed by atoms with E-state index in [0.29, 0.717) is 22.0 Å². The molecule has 1 amide bonds. The molecule has 5 rings (SSSR count). The number of imidazole rings is 1. The van der Waals surface area contributed by atoms with Gasteiger partial charge < -0.3 is 16.2 Å². The molecule has 0 fully saturated rings. The number of carboxylic acids is 1. The average Bonchev–Trinajstić information content (AvgIpc) is 3.45. The molecule has 0 aliphatic heterocycles. The van der Waals surface area contributed by atoms with E-state index in [-0.39, 0.29) is 17.1 Å². The number of amides is 1. The fraction of sp³-hybridized carbons (Fsp3) is 0.154. The van der Waals surface area contributed by atoms with Gasteiger partial charge in [0.25, 0.3) is 5.91 Å². The van der Waals surface area contributed by atoms with Gasteiger partial charge in [-0.1, -0.05) is 41.9 Å². The van der Waals surface area contributed by atoms with Crippen molar-refractivity contribution in [2.75, 3.05) is 5.73 Å². The van der Waals surface area contributed by atoms with Crippen LogP contribution < -0.4 is 11.1 Å². The lowest BCUT2D eigenvalue weighted by Gasteiger charge is -2.21. The Morgan fingerprint density at radius 2 is 1.88 bits per heavy atom. The van der Waals surface area contributed by atoms with Gasteiger partial charge in [0.05, 0.1) is 16.8 Å². The first kappa shape index (κ1) is 28.8. The molecule has 1 unspecified atom stereocenters. The van der Waals surface area contributed by atoms with E-state index >= 15 is 0 Å². The van der Waals surface area contributed by atoms with Crippen molar-refractivity contribution >= 4 is 40.5 Å². The number of carboxylic acid groups (broad SMARTS) is 1. The van der Waals surface area contributed by atoms with E-state index in [1.807, 2.05) is 48.6 Å². The van der Waals surface area contributed by atoms with Crippen molar-refractivity contribution in [3.05, 3.63) is 82.5 Å². The molecule has 0 bridgehead atoms. The standard InChI is InChI=1S/C24H19ClN8O.C2HF3O2/c1-13(29-24(34)19-22(27)31-32-10-6-9-28-23(19)32)16-11-17(25)21-18(12-26)30-14(2)33(21)20(16)15-7-4-3-5-8-15;3-2(4,5)1(6)7/h3-11,13H,1-2H3,(H2,27,31)(H,29,34);(H,6,7). The Kier molecular flexibility index (Phi) is 7.84. The number of hydrogen-bond donors (Lipinski definition) is 3. The molecule has 11 nitrogen and oxygen atoms in total. The highest BCUT2D eigenvalue weighted by molar-refractivity contribution is 6.34. The Hall–Kier alpha value is -5.16. The minimum atomic E-state index is -5.08. The summed E-state index contributed by atoms with van der Waals surface area (Å²) in [5, 5.41) is 24.2. The highest BCUT2D eigenvalue weighted by Gasteiger charge is 2.38. The van der Waals surface area contributed by atoms with Crippen LogP contribution in [0.1, 0.15) is 40.4 Å². The SMILES string of the molecule is Cc1nc(C#N)c2c(Cl)cc(C(C)NC(=O)c3c(N)nn4cccnc34)c(-c3ccccc3)n12.O=C(O)C(F)(F)F. The zero-order valence-corrected chi connectivity index (χ0v) is 22.1. The molecular formula is C26H20ClF3N8O3. The molecule has 4 heterocycles. The lowest BCUT2D eigenvalue weighted by molar-refractivity contribution is -0.192. The predicted octanol–water partition coefficient (Wildman–Crippen LogP) is 4.58. The van der Waals surface area contributed by atoms with Crippen LogP contribution in [0.2, 0.25) is 5.02 Å². The van der Waals surface area contributed by atoms with E-state index in [9.17, 15) is 23.2 Å². The number of aromatic nitrogens is 5. The third-order valence-corrected chi connectivity index (χ3v) is 6.20. The molecule has 1 aromatic carbocycles. The summed E-state index contributed by atoms with van der Waals surface area (Å²) in [6, 6.07) is 14.8. The molecular weight excluding hydrogens is 565 g/mol. The largest absolute Gasteiger partial charge is 0.490 e. The van der Waals surface area contributed by atoms with Crippen LogP contribution in [0.25, 0.3) is 22.4 Å². The summed E-state index contributed by atoms with van der Waals surface area (Å²) in [7, 11) is 0. The Morgan fingerprint density at radius 1 is 1.22 bits per heavy atom. The van der Waals surface area contributed by atoms with Crippen molar-refractivity contribution in [1.82, 2.24) is 29.3 Å². The number of hydrogen-bond acceptors (Lipinski definition) is 7. The van der Waals surface area contributed by atoms with Crippen LogP contribution in [0.4, 0.5) is 19.0 Å². The number of fused-ring (bicyclic) bond motifs is 2. The van der Waals surface area contributed by atoms with Gasteiger partial charge in [0, 0.05) is 18.0 Å². The van der Waals surface area contributed by atoms with Gasteiger partial charge in [0.1, 0.15) is 23.0 Å². The fourth-order valence-corrected chi connectivity index (χ4v) is 4.49. The van der Waals surface area contributed by atoms with E-state index < -0.39 is 24.1 Å². The average molecular weight is 585 g/mol. The summed E-state index contributed by atoms with van der Waals surface area (Å²) < 4.78 is 35.1. The van der Waals surface area contributed by atoms with Crippen molar-refractivity contribution in [2.24, 2.45) is 0 Å². The van der Waals surface area contributed by atoms with Gasteiger partial charge in [-0.2, -0.15) is 18.4 Å². The van der Waals surface area contributed by atoms with E-state index in [0.717, 1.165) is 16.8 Å². The number of pyridine rings is 1. The van der Waals surface area contributed by atoms with Gasteiger partial charge >= 0.3 is 12.1 Å². The first-order chi connectivity index (χ1) is 19.3. The number of nitrogen functional groups attached to an aromatic ring is 1. The van der Waals surface area contributed by atoms with Crippen LogP contribution in [-0.2, 0) is 4.79 Å². The summed E-state index contributed by atoms with van der Waals surface area (Å²) in [5.74, 6) is -2.46. The van der Waals surface area contributed by atoms with E-state index in [1.54, 1.807) is 24.5 Å². The van der Waals surface area contributed by atoms with Crippen molar-refractivity contribution in [3.63, 3.8) is 0 Å². The van der Waals surface area contributed by atoms with Crippen LogP contribution in [0.15, 0.2) is 54.9 Å². The number of nitrogens with zero attached hydrogens (tertiary/aromatic N) is 6. The van der Waals surface area contributed by atoms with Crippen molar-refractivity contribution < 1.29 is 27.9 Å². The summed E-state index contributed by atoms with van der Waals surface area (Å²) in [6.45, 7) is 3.67. The highest BCUT2D eigenvalue weighted by Crippen LogP contribution is 2.36. The molecule has 0 aliphatic carbocycles. The topological polar surface area (TPSA) is 164 Å². The molecule has 15 heteroatoms. The van der Waals surface area contributed by atoms with Gasteiger partial charge in [-0.15, -0.1) is 5.10 Å². The molecule has 0 radical (unpaired) electrons. The number of nitriles is 1. The van der Waals surface area contributed by atoms with Gasteiger partial charge in [-0.25, -0.2) is 19.3 Å². The lowest BCUT2D eigenvalue weighted by atomic mass is 9.99.